The van der Waals surface area contributed by atoms with Gasteiger partial charge in [-0.05, 0) is 19.4 Å². The number of carboxylic acid groups (broad SMARTS) is 1. The summed E-state index contributed by atoms with van der Waals surface area (Å²) < 4.78 is 0. The van der Waals surface area contributed by atoms with Crippen molar-refractivity contribution < 1.29 is 9.90 Å². The maximum atomic E-state index is 11.1. The quantitative estimate of drug-likeness (QED) is 0.697. The summed E-state index contributed by atoms with van der Waals surface area (Å²) in [5.41, 5.74) is 3.02. The number of anilines is 2. The molecule has 5 nitrogen and oxygen atoms in total. The molecule has 1 aromatic heterocycles. The van der Waals surface area contributed by atoms with Crippen LogP contribution < -0.4 is 10.2 Å². The van der Waals surface area contributed by atoms with Crippen LogP contribution in [0, 0.1) is 6.92 Å². The number of aryl methyl sites for hydroxylation is 1. The van der Waals surface area contributed by atoms with Crippen molar-refractivity contribution in [3.63, 3.8) is 0 Å². The van der Waals surface area contributed by atoms with E-state index in [9.17, 15) is 4.79 Å². The Hall–Kier alpha value is -3.08. The zero-order chi connectivity index (χ0) is 18.7. The van der Waals surface area contributed by atoms with E-state index in [-0.39, 0.29) is 12.6 Å². The Morgan fingerprint density at radius 3 is 2.38 bits per heavy atom. The van der Waals surface area contributed by atoms with Crippen LogP contribution in [0.4, 0.5) is 11.5 Å². The summed E-state index contributed by atoms with van der Waals surface area (Å²) in [5.74, 6) is -0.200. The number of aliphatic carboxylic acids is 1. The van der Waals surface area contributed by atoms with Crippen LogP contribution in [0.3, 0.4) is 0 Å². The Balaban J connectivity index is 2.04. The molecule has 0 saturated carbocycles. The predicted molar refractivity (Wildman–Crippen MR) is 106 cm³/mol. The Morgan fingerprint density at radius 1 is 1.12 bits per heavy atom. The van der Waals surface area contributed by atoms with Crippen molar-refractivity contribution in [1.82, 2.24) is 4.98 Å². The summed E-state index contributed by atoms with van der Waals surface area (Å²) in [4.78, 5) is 17.5. The number of fused-ring (bicyclic) bond motifs is 1. The van der Waals surface area contributed by atoms with E-state index < -0.39 is 5.97 Å². The van der Waals surface area contributed by atoms with E-state index in [1.165, 1.54) is 5.56 Å². The van der Waals surface area contributed by atoms with Crippen LogP contribution in [0.5, 0.6) is 0 Å². The molecule has 0 fully saturated rings. The van der Waals surface area contributed by atoms with Gasteiger partial charge in [-0.3, -0.25) is 4.79 Å². The van der Waals surface area contributed by atoms with Gasteiger partial charge in [-0.15, -0.1) is 0 Å². The second-order valence-corrected chi connectivity index (χ2v) is 6.47. The summed E-state index contributed by atoms with van der Waals surface area (Å²) in [7, 11) is 1.75. The fourth-order valence-corrected chi connectivity index (χ4v) is 3.16. The fraction of sp³-hybridized carbons (Fsp3) is 0.238. The van der Waals surface area contributed by atoms with Crippen LogP contribution in [0.25, 0.3) is 10.8 Å². The summed E-state index contributed by atoms with van der Waals surface area (Å²) in [6.07, 6.45) is 0. The van der Waals surface area contributed by atoms with Gasteiger partial charge in [0.15, 0.2) is 0 Å². The van der Waals surface area contributed by atoms with Gasteiger partial charge < -0.3 is 15.3 Å². The number of carboxylic acids is 1. The van der Waals surface area contributed by atoms with Gasteiger partial charge in [-0.25, -0.2) is 4.98 Å². The third-order valence-corrected chi connectivity index (χ3v) is 4.47. The van der Waals surface area contributed by atoms with E-state index in [1.807, 2.05) is 49.4 Å². The molecule has 0 spiro atoms. The highest BCUT2D eigenvalue weighted by molar-refractivity contribution is 6.01. The number of nitrogens with zero attached hydrogens (tertiary/aromatic N) is 2. The molecule has 26 heavy (non-hydrogen) atoms. The van der Waals surface area contributed by atoms with Gasteiger partial charge in [0.05, 0.1) is 11.4 Å². The molecule has 1 heterocycles. The average molecular weight is 349 g/mol. The molecule has 1 unspecified atom stereocenters. The highest BCUT2D eigenvalue weighted by Crippen LogP contribution is 2.34. The van der Waals surface area contributed by atoms with Crippen molar-refractivity contribution in [2.24, 2.45) is 0 Å². The molecule has 2 N–H and O–H groups in total. The number of hydrogen-bond donors (Lipinski definition) is 2. The molecule has 0 saturated heterocycles. The zero-order valence-corrected chi connectivity index (χ0v) is 15.2. The zero-order valence-electron chi connectivity index (χ0n) is 15.2. The summed E-state index contributed by atoms with van der Waals surface area (Å²) >= 11 is 0. The summed E-state index contributed by atoms with van der Waals surface area (Å²) in [6.45, 7) is 3.97. The van der Waals surface area contributed by atoms with Gasteiger partial charge >= 0.3 is 5.97 Å². The van der Waals surface area contributed by atoms with Gasteiger partial charge in [0, 0.05) is 23.9 Å². The van der Waals surface area contributed by atoms with Crippen molar-refractivity contribution in [2.45, 2.75) is 19.9 Å². The molecular weight excluding hydrogens is 326 g/mol. The van der Waals surface area contributed by atoms with E-state index in [2.05, 4.69) is 24.4 Å². The van der Waals surface area contributed by atoms with Crippen LogP contribution in [0.15, 0.2) is 54.6 Å². The van der Waals surface area contributed by atoms with E-state index in [4.69, 9.17) is 10.1 Å². The van der Waals surface area contributed by atoms with Crippen LogP contribution >= 0.6 is 0 Å². The number of benzene rings is 2. The molecule has 3 aromatic rings. The molecule has 134 valence electrons. The Bertz CT molecular complexity index is 925. The minimum absolute atomic E-state index is 0.0936. The first-order chi connectivity index (χ1) is 12.5. The van der Waals surface area contributed by atoms with Crippen LogP contribution in [-0.4, -0.2) is 29.7 Å². The third-order valence-electron chi connectivity index (χ3n) is 4.47. The Labute approximate surface area is 153 Å². The SMILES string of the molecule is Cc1nc(N(C)CC(=O)O)c2ccccc2c1NC(C)c1ccccc1. The number of aromatic nitrogens is 1. The number of carbonyl (C=O) groups is 1. The van der Waals surface area contributed by atoms with Gasteiger partial charge in [0.1, 0.15) is 12.4 Å². The molecule has 2 aromatic carbocycles. The van der Waals surface area contributed by atoms with Crippen molar-refractivity contribution in [3.8, 4) is 0 Å². The number of likely N-dealkylation sites (N-methyl/N-ethyl adjacent to an activating group) is 1. The maximum Gasteiger partial charge on any atom is 0.323 e. The number of rotatable bonds is 6. The molecule has 0 aliphatic heterocycles. The molecule has 0 aliphatic rings. The molecule has 1 atom stereocenters. The summed E-state index contributed by atoms with van der Waals surface area (Å²) in [6, 6.07) is 18.3. The Kier molecular flexibility index (Phi) is 5.07. The third kappa shape index (κ3) is 3.61. The highest BCUT2D eigenvalue weighted by atomic mass is 16.4. The minimum atomic E-state index is -0.879. The lowest BCUT2D eigenvalue weighted by molar-refractivity contribution is -0.135. The van der Waals surface area contributed by atoms with Crippen molar-refractivity contribution in [3.05, 3.63) is 65.9 Å². The van der Waals surface area contributed by atoms with Crippen LogP contribution in [-0.2, 0) is 4.79 Å². The largest absolute Gasteiger partial charge is 0.480 e. The van der Waals surface area contributed by atoms with E-state index in [0.717, 1.165) is 22.2 Å². The minimum Gasteiger partial charge on any atom is -0.480 e. The normalized spacial score (nSPS) is 12.0. The lowest BCUT2D eigenvalue weighted by atomic mass is 10.0. The average Bonchev–Trinajstić information content (AvgIpc) is 2.63. The molecule has 0 bridgehead atoms. The first-order valence-corrected chi connectivity index (χ1v) is 8.61. The van der Waals surface area contributed by atoms with Crippen molar-refractivity contribution >= 4 is 28.2 Å². The van der Waals surface area contributed by atoms with E-state index in [1.54, 1.807) is 11.9 Å². The predicted octanol–water partition coefficient (Wildman–Crippen LogP) is 4.24. The number of hydrogen-bond acceptors (Lipinski definition) is 4. The molecule has 0 aliphatic carbocycles. The fourth-order valence-electron chi connectivity index (χ4n) is 3.16. The van der Waals surface area contributed by atoms with Gasteiger partial charge in [0.25, 0.3) is 0 Å². The number of pyridine rings is 1. The lowest BCUT2D eigenvalue weighted by Gasteiger charge is -2.23. The smallest absolute Gasteiger partial charge is 0.323 e. The molecular formula is C21H23N3O2. The maximum absolute atomic E-state index is 11.1. The second-order valence-electron chi connectivity index (χ2n) is 6.47. The second kappa shape index (κ2) is 7.44. The highest BCUT2D eigenvalue weighted by Gasteiger charge is 2.17. The standard InChI is InChI=1S/C21H23N3O2/c1-14(16-9-5-4-6-10-16)22-20-15(2)23-21(24(3)13-19(25)26)18-12-8-7-11-17(18)20/h4-12,14,22H,13H2,1-3H3,(H,25,26). The molecule has 5 heteroatoms. The van der Waals surface area contributed by atoms with Gasteiger partial charge in [-0.1, -0.05) is 54.6 Å². The van der Waals surface area contributed by atoms with E-state index >= 15 is 0 Å². The van der Waals surface area contributed by atoms with Gasteiger partial charge in [0.2, 0.25) is 0 Å². The molecule has 3 rings (SSSR count). The molecule has 0 radical (unpaired) electrons. The Morgan fingerprint density at radius 2 is 1.73 bits per heavy atom. The van der Waals surface area contributed by atoms with Crippen LogP contribution in [0.2, 0.25) is 0 Å². The monoisotopic (exact) mass is 349 g/mol. The number of nitrogens with one attached hydrogen (secondary N) is 1. The van der Waals surface area contributed by atoms with E-state index in [0.29, 0.717) is 5.82 Å². The van der Waals surface area contributed by atoms with Crippen LogP contribution in [0.1, 0.15) is 24.2 Å². The van der Waals surface area contributed by atoms with Gasteiger partial charge in [-0.2, -0.15) is 0 Å². The molecule has 0 amide bonds. The first-order valence-electron chi connectivity index (χ1n) is 8.61. The topological polar surface area (TPSA) is 65.5 Å². The van der Waals surface area contributed by atoms with Crippen molar-refractivity contribution in [1.29, 1.82) is 0 Å². The van der Waals surface area contributed by atoms with Crippen molar-refractivity contribution in [2.75, 3.05) is 23.8 Å². The first kappa shape index (κ1) is 17.7. The summed E-state index contributed by atoms with van der Waals surface area (Å²) in [5, 5.41) is 14.7. The lowest BCUT2D eigenvalue weighted by Crippen LogP contribution is -2.26.